The number of nitrogens with one attached hydrogen (secondary N) is 2. The summed E-state index contributed by atoms with van der Waals surface area (Å²) in [7, 11) is 0. The van der Waals surface area contributed by atoms with Gasteiger partial charge in [-0.15, -0.1) is 5.10 Å². The van der Waals surface area contributed by atoms with Crippen molar-refractivity contribution in [3.05, 3.63) is 125 Å². The molecule has 1 amide bonds. The van der Waals surface area contributed by atoms with Gasteiger partial charge < -0.3 is 15.4 Å². The number of amides is 1. The van der Waals surface area contributed by atoms with Crippen molar-refractivity contribution in [1.29, 1.82) is 0 Å². The van der Waals surface area contributed by atoms with Crippen molar-refractivity contribution in [3.8, 4) is 5.75 Å². The molecule has 2 aromatic heterocycles. The molecule has 0 saturated heterocycles. The van der Waals surface area contributed by atoms with E-state index in [1.54, 1.807) is 33.6 Å². The average Bonchev–Trinajstić information content (AvgIpc) is 3.62. The first-order valence-electron chi connectivity index (χ1n) is 12.6. The van der Waals surface area contributed by atoms with Crippen LogP contribution in [-0.4, -0.2) is 35.7 Å². The van der Waals surface area contributed by atoms with E-state index in [2.05, 4.69) is 31.0 Å². The Bertz CT molecular complexity index is 1660. The molecule has 1 aliphatic heterocycles. The maximum atomic E-state index is 13.5. The fraction of sp³-hybridized carbons (Fsp3) is 0.138. The monoisotopic (exact) mass is 552 g/mol. The van der Waals surface area contributed by atoms with Crippen molar-refractivity contribution in [2.24, 2.45) is 0 Å². The summed E-state index contributed by atoms with van der Waals surface area (Å²) in [6.07, 6.45) is 3.34. The third-order valence-electron chi connectivity index (χ3n) is 6.50. The molecular weight excluding hydrogens is 528 g/mol. The lowest BCUT2D eigenvalue weighted by atomic mass is 9.95. The van der Waals surface area contributed by atoms with Gasteiger partial charge in [0.25, 0.3) is 5.91 Å². The molecule has 3 heterocycles. The molecule has 2 N–H and O–H groups in total. The van der Waals surface area contributed by atoms with E-state index in [-0.39, 0.29) is 12.5 Å². The molecule has 1 unspecified atom stereocenters. The molecule has 3 aromatic carbocycles. The second-order valence-electron chi connectivity index (χ2n) is 9.31. The van der Waals surface area contributed by atoms with Gasteiger partial charge in [0.1, 0.15) is 30.4 Å². The van der Waals surface area contributed by atoms with Crippen molar-refractivity contribution < 1.29 is 9.53 Å². The molecule has 1 atom stereocenters. The van der Waals surface area contributed by atoms with Crippen molar-refractivity contribution in [1.82, 2.24) is 29.8 Å². The Morgan fingerprint density at radius 3 is 2.60 bits per heavy atom. The van der Waals surface area contributed by atoms with Crippen molar-refractivity contribution in [2.45, 2.75) is 26.1 Å². The number of allylic oxidation sites excluding steroid dienone is 1. The molecule has 10 nitrogen and oxygen atoms in total. The normalized spacial score (nSPS) is 14.4. The minimum absolute atomic E-state index is 0.252. The number of fused-ring (bicyclic) bond motifs is 1. The number of rotatable bonds is 8. The van der Waals surface area contributed by atoms with E-state index in [9.17, 15) is 4.79 Å². The van der Waals surface area contributed by atoms with Gasteiger partial charge in [-0.2, -0.15) is 10.1 Å². The molecule has 200 valence electrons. The van der Waals surface area contributed by atoms with E-state index in [0.717, 1.165) is 16.8 Å². The first-order valence-corrected chi connectivity index (χ1v) is 13.0. The zero-order chi connectivity index (χ0) is 27.5. The third-order valence-corrected chi connectivity index (χ3v) is 6.75. The first kappa shape index (κ1) is 25.3. The maximum absolute atomic E-state index is 13.5. The minimum atomic E-state index is -0.488. The molecule has 5 aromatic rings. The highest BCUT2D eigenvalue weighted by Crippen LogP contribution is 2.36. The Balaban J connectivity index is 1.18. The van der Waals surface area contributed by atoms with Crippen LogP contribution in [0.2, 0.25) is 5.02 Å². The molecule has 0 aliphatic carbocycles. The van der Waals surface area contributed by atoms with Crippen LogP contribution in [0.25, 0.3) is 0 Å². The molecule has 6 rings (SSSR count). The van der Waals surface area contributed by atoms with Crippen LogP contribution in [0.15, 0.2) is 103 Å². The second kappa shape index (κ2) is 11.0. The Kier molecular flexibility index (Phi) is 6.98. The van der Waals surface area contributed by atoms with E-state index < -0.39 is 6.04 Å². The Hall–Kier alpha value is -4.96. The summed E-state index contributed by atoms with van der Waals surface area (Å²) in [5, 5.41) is 19.5. The summed E-state index contributed by atoms with van der Waals surface area (Å²) >= 11 is 6.00. The number of hydrogen-bond donors (Lipinski definition) is 2. The third kappa shape index (κ3) is 5.43. The van der Waals surface area contributed by atoms with Crippen LogP contribution in [-0.2, 0) is 17.9 Å². The van der Waals surface area contributed by atoms with Gasteiger partial charge in [-0.05, 0) is 54.4 Å². The number of carbonyl (C=O) groups excluding carboxylic acids is 1. The van der Waals surface area contributed by atoms with Gasteiger partial charge in [0.15, 0.2) is 0 Å². The standard InChI is InChI=1S/C29H25ClN8O2/c1-19-26(28(39)34-23-11-9-22(30)10-12-23)27(38-29(33-19)31-18-32-38)21-7-13-25(14-8-21)40-17-24-16-37(36-35-24)15-20-5-3-2-4-6-20/h2-14,16,18,27H,15,17H2,1H3,(H,34,39)(H,31,32,33). The summed E-state index contributed by atoms with van der Waals surface area (Å²) in [5.74, 6) is 0.976. The number of aromatic nitrogens is 6. The van der Waals surface area contributed by atoms with Crippen LogP contribution >= 0.6 is 11.6 Å². The average molecular weight is 553 g/mol. The molecule has 0 radical (unpaired) electrons. The maximum Gasteiger partial charge on any atom is 0.255 e. The fourth-order valence-electron chi connectivity index (χ4n) is 4.58. The lowest BCUT2D eigenvalue weighted by Gasteiger charge is -2.28. The SMILES string of the molecule is CC1=C(C(=O)Nc2ccc(Cl)cc2)C(c2ccc(OCc3cn(Cc4ccccc4)nn3)cc2)n2ncnc2N1. The summed E-state index contributed by atoms with van der Waals surface area (Å²) in [5.41, 5.74) is 4.59. The number of halogens is 1. The molecule has 0 saturated carbocycles. The van der Waals surface area contributed by atoms with Crippen molar-refractivity contribution in [2.75, 3.05) is 10.6 Å². The van der Waals surface area contributed by atoms with Gasteiger partial charge in [0.2, 0.25) is 5.95 Å². The lowest BCUT2D eigenvalue weighted by molar-refractivity contribution is -0.113. The number of benzene rings is 3. The molecular formula is C29H25ClN8O2. The van der Waals surface area contributed by atoms with Crippen LogP contribution in [0.3, 0.4) is 0 Å². The number of nitrogens with zero attached hydrogens (tertiary/aromatic N) is 6. The number of carbonyl (C=O) groups is 1. The fourth-order valence-corrected chi connectivity index (χ4v) is 4.71. The number of hydrogen-bond acceptors (Lipinski definition) is 7. The van der Waals surface area contributed by atoms with Gasteiger partial charge in [-0.1, -0.05) is 59.3 Å². The molecule has 0 bridgehead atoms. The lowest BCUT2D eigenvalue weighted by Crippen LogP contribution is -2.31. The molecule has 0 spiro atoms. The van der Waals surface area contributed by atoms with Crippen molar-refractivity contribution >= 4 is 29.1 Å². The topological polar surface area (TPSA) is 112 Å². The smallest absolute Gasteiger partial charge is 0.255 e. The van der Waals surface area contributed by atoms with E-state index in [4.69, 9.17) is 16.3 Å². The molecule has 11 heteroatoms. The highest BCUT2D eigenvalue weighted by molar-refractivity contribution is 6.30. The predicted octanol–water partition coefficient (Wildman–Crippen LogP) is 5.08. The van der Waals surface area contributed by atoms with E-state index in [0.29, 0.717) is 40.2 Å². The highest BCUT2D eigenvalue weighted by atomic mass is 35.5. The van der Waals surface area contributed by atoms with Crippen LogP contribution in [0, 0.1) is 0 Å². The Morgan fingerprint density at radius 2 is 1.82 bits per heavy atom. The van der Waals surface area contributed by atoms with Gasteiger partial charge in [-0.25, -0.2) is 9.36 Å². The van der Waals surface area contributed by atoms with E-state index in [1.807, 2.05) is 67.7 Å². The summed E-state index contributed by atoms with van der Waals surface area (Å²) < 4.78 is 9.46. The molecule has 1 aliphatic rings. The number of anilines is 2. The van der Waals surface area contributed by atoms with E-state index >= 15 is 0 Å². The van der Waals surface area contributed by atoms with Crippen LogP contribution < -0.4 is 15.4 Å². The minimum Gasteiger partial charge on any atom is -0.487 e. The molecule has 40 heavy (non-hydrogen) atoms. The quantitative estimate of drug-likeness (QED) is 0.276. The van der Waals surface area contributed by atoms with Crippen LogP contribution in [0.4, 0.5) is 11.6 Å². The Morgan fingerprint density at radius 1 is 1.05 bits per heavy atom. The van der Waals surface area contributed by atoms with Crippen LogP contribution in [0.5, 0.6) is 5.75 Å². The Labute approximate surface area is 235 Å². The zero-order valence-electron chi connectivity index (χ0n) is 21.5. The van der Waals surface area contributed by atoms with Gasteiger partial charge in [-0.3, -0.25) is 4.79 Å². The highest BCUT2D eigenvalue weighted by Gasteiger charge is 2.33. The summed E-state index contributed by atoms with van der Waals surface area (Å²) in [6.45, 7) is 2.77. The molecule has 0 fully saturated rings. The summed E-state index contributed by atoms with van der Waals surface area (Å²) in [6, 6.07) is 24.2. The second-order valence-corrected chi connectivity index (χ2v) is 9.74. The van der Waals surface area contributed by atoms with Crippen molar-refractivity contribution in [3.63, 3.8) is 0 Å². The van der Waals surface area contributed by atoms with Gasteiger partial charge in [0, 0.05) is 16.4 Å². The van der Waals surface area contributed by atoms with Crippen LogP contribution in [0.1, 0.15) is 29.8 Å². The zero-order valence-corrected chi connectivity index (χ0v) is 22.3. The summed E-state index contributed by atoms with van der Waals surface area (Å²) in [4.78, 5) is 17.8. The number of ether oxygens (including phenoxy) is 1. The first-order chi connectivity index (χ1) is 19.5. The largest absolute Gasteiger partial charge is 0.487 e. The van der Waals surface area contributed by atoms with E-state index in [1.165, 1.54) is 6.33 Å². The predicted molar refractivity (Wildman–Crippen MR) is 151 cm³/mol. The van der Waals surface area contributed by atoms with Gasteiger partial charge >= 0.3 is 0 Å². The van der Waals surface area contributed by atoms with Gasteiger partial charge in [0.05, 0.1) is 18.3 Å².